The number of rotatable bonds is 7. The lowest BCUT2D eigenvalue weighted by atomic mass is 9.42. The highest BCUT2D eigenvalue weighted by molar-refractivity contribution is 6.41. The standard InChI is InChI=1S/C28H48B/c1-5-7-10-18-29-19-15-22-12-13-25-23-20-21(6-2)24-11-8-9-16-28(24,4)26(23)14-17-27(22,25)3/h10,18,21-26H,5-9,11-17,19-20H2,1-4H3/b18-10+/t21-,22?,23?,24?,25?,26?,27?,28?/m0/s1. The molecule has 0 aromatic rings. The Bertz CT molecular complexity index is 567. The van der Waals surface area contributed by atoms with E-state index in [2.05, 4.69) is 47.0 Å². The Balaban J connectivity index is 1.44. The topological polar surface area (TPSA) is 0 Å². The summed E-state index contributed by atoms with van der Waals surface area (Å²) in [4.78, 5) is 0. The maximum atomic E-state index is 2.75. The van der Waals surface area contributed by atoms with Crippen molar-refractivity contribution in [2.24, 2.45) is 46.3 Å². The normalized spacial score (nSPS) is 46.9. The van der Waals surface area contributed by atoms with Crippen LogP contribution in [-0.4, -0.2) is 7.28 Å². The van der Waals surface area contributed by atoms with Crippen molar-refractivity contribution in [3.8, 4) is 0 Å². The maximum Gasteiger partial charge on any atom is 0.140 e. The first-order valence-electron chi connectivity index (χ1n) is 13.5. The molecule has 4 saturated carbocycles. The fourth-order valence-corrected chi connectivity index (χ4v) is 9.36. The second-order valence-electron chi connectivity index (χ2n) is 12.0. The molecule has 8 atom stereocenters. The molecule has 4 aliphatic rings. The molecule has 163 valence electrons. The van der Waals surface area contributed by atoms with Gasteiger partial charge >= 0.3 is 0 Å². The van der Waals surface area contributed by atoms with E-state index in [1.54, 1.807) is 32.1 Å². The molecule has 0 nitrogen and oxygen atoms in total. The molecule has 0 aliphatic heterocycles. The third-order valence-corrected chi connectivity index (χ3v) is 10.9. The van der Waals surface area contributed by atoms with Gasteiger partial charge in [-0.15, -0.1) is 5.98 Å². The van der Waals surface area contributed by atoms with Crippen LogP contribution in [0, 0.1) is 46.3 Å². The molecule has 0 bridgehead atoms. The molecule has 4 rings (SSSR count). The van der Waals surface area contributed by atoms with Crippen LogP contribution in [0.4, 0.5) is 0 Å². The SMILES string of the molecule is CCC/C=C/[B]CCC1CCC2C3C[C@H](CC)C4CCCCC4(C)C3CCC12C. The summed E-state index contributed by atoms with van der Waals surface area (Å²) in [5, 5.41) is 0. The molecule has 4 aliphatic carbocycles. The van der Waals surface area contributed by atoms with Crippen molar-refractivity contribution in [2.45, 2.75) is 117 Å². The maximum absolute atomic E-state index is 2.75. The van der Waals surface area contributed by atoms with E-state index in [0.29, 0.717) is 10.8 Å². The first kappa shape index (κ1) is 22.0. The average molecular weight is 396 g/mol. The zero-order valence-electron chi connectivity index (χ0n) is 20.1. The molecule has 0 heterocycles. The molecule has 1 heteroatoms. The minimum absolute atomic E-state index is 0.651. The van der Waals surface area contributed by atoms with Crippen LogP contribution in [0.2, 0.25) is 6.32 Å². The summed E-state index contributed by atoms with van der Waals surface area (Å²) in [5.74, 6) is 8.55. The summed E-state index contributed by atoms with van der Waals surface area (Å²) in [6, 6.07) is 0. The van der Waals surface area contributed by atoms with Crippen molar-refractivity contribution < 1.29 is 0 Å². The Morgan fingerprint density at radius 3 is 2.52 bits per heavy atom. The fraction of sp³-hybridized carbons (Fsp3) is 0.929. The van der Waals surface area contributed by atoms with Gasteiger partial charge in [0, 0.05) is 0 Å². The van der Waals surface area contributed by atoms with Gasteiger partial charge < -0.3 is 0 Å². The van der Waals surface area contributed by atoms with Gasteiger partial charge in [-0.25, -0.2) is 0 Å². The monoisotopic (exact) mass is 395 g/mol. The third kappa shape index (κ3) is 3.91. The van der Waals surface area contributed by atoms with Gasteiger partial charge in [-0.3, -0.25) is 0 Å². The average Bonchev–Trinajstić information content (AvgIpc) is 3.06. The molecule has 0 spiro atoms. The molecule has 0 aromatic heterocycles. The summed E-state index contributed by atoms with van der Waals surface area (Å²) in [7, 11) is 2.46. The van der Waals surface area contributed by atoms with Crippen LogP contribution in [0.25, 0.3) is 0 Å². The van der Waals surface area contributed by atoms with Crippen LogP contribution >= 0.6 is 0 Å². The summed E-state index contributed by atoms with van der Waals surface area (Å²) >= 11 is 0. The molecular weight excluding hydrogens is 347 g/mol. The Morgan fingerprint density at radius 2 is 1.72 bits per heavy atom. The largest absolute Gasteiger partial charge is 0.140 e. The summed E-state index contributed by atoms with van der Waals surface area (Å²) in [5.41, 5.74) is 1.33. The molecule has 29 heavy (non-hydrogen) atoms. The lowest BCUT2D eigenvalue weighted by molar-refractivity contribution is -0.135. The second kappa shape index (κ2) is 9.12. The van der Waals surface area contributed by atoms with E-state index in [9.17, 15) is 0 Å². The fourth-order valence-electron chi connectivity index (χ4n) is 9.36. The van der Waals surface area contributed by atoms with Crippen molar-refractivity contribution in [1.29, 1.82) is 0 Å². The molecule has 0 N–H and O–H groups in total. The summed E-state index contributed by atoms with van der Waals surface area (Å²) < 4.78 is 0. The van der Waals surface area contributed by atoms with Crippen LogP contribution in [0.3, 0.4) is 0 Å². The Labute approximate surface area is 183 Å². The number of allylic oxidation sites excluding steroid dienone is 1. The van der Waals surface area contributed by atoms with E-state index in [1.165, 1.54) is 57.7 Å². The van der Waals surface area contributed by atoms with Crippen LogP contribution in [0.1, 0.15) is 111 Å². The molecule has 1 radical (unpaired) electrons. The Morgan fingerprint density at radius 1 is 0.897 bits per heavy atom. The molecule has 0 amide bonds. The predicted molar refractivity (Wildman–Crippen MR) is 128 cm³/mol. The third-order valence-electron chi connectivity index (χ3n) is 10.9. The number of unbranched alkanes of at least 4 members (excludes halogenated alkanes) is 1. The van der Waals surface area contributed by atoms with Gasteiger partial charge in [0.05, 0.1) is 0 Å². The van der Waals surface area contributed by atoms with E-state index in [4.69, 9.17) is 0 Å². The zero-order valence-corrected chi connectivity index (χ0v) is 20.1. The van der Waals surface area contributed by atoms with Crippen molar-refractivity contribution in [3.63, 3.8) is 0 Å². The van der Waals surface area contributed by atoms with Crippen molar-refractivity contribution in [2.75, 3.05) is 0 Å². The Hall–Kier alpha value is -0.195. The van der Waals surface area contributed by atoms with Crippen LogP contribution in [-0.2, 0) is 0 Å². The molecule has 0 aromatic carbocycles. The van der Waals surface area contributed by atoms with Gasteiger partial charge in [0.25, 0.3) is 0 Å². The van der Waals surface area contributed by atoms with E-state index < -0.39 is 0 Å². The van der Waals surface area contributed by atoms with Crippen LogP contribution < -0.4 is 0 Å². The molecule has 7 unspecified atom stereocenters. The predicted octanol–water partition coefficient (Wildman–Crippen LogP) is 8.50. The highest BCUT2D eigenvalue weighted by Gasteiger charge is 2.60. The highest BCUT2D eigenvalue weighted by atomic mass is 14.7. The lowest BCUT2D eigenvalue weighted by Gasteiger charge is -2.62. The lowest BCUT2D eigenvalue weighted by Crippen LogP contribution is -2.55. The van der Waals surface area contributed by atoms with E-state index in [1.807, 2.05) is 0 Å². The molecule has 4 fully saturated rings. The number of fused-ring (bicyclic) bond motifs is 5. The van der Waals surface area contributed by atoms with Gasteiger partial charge in [0.1, 0.15) is 7.28 Å². The first-order chi connectivity index (χ1) is 14.0. The van der Waals surface area contributed by atoms with Gasteiger partial charge in [0.15, 0.2) is 0 Å². The Kier molecular flexibility index (Phi) is 6.92. The number of hydrogen-bond donors (Lipinski definition) is 0. The van der Waals surface area contributed by atoms with Crippen LogP contribution in [0.15, 0.2) is 12.1 Å². The summed E-state index contributed by atoms with van der Waals surface area (Å²) in [6.45, 7) is 10.3. The smallest absolute Gasteiger partial charge is 0.127 e. The quantitative estimate of drug-likeness (QED) is 0.299. The minimum atomic E-state index is 0.651. The van der Waals surface area contributed by atoms with Gasteiger partial charge in [-0.1, -0.05) is 72.2 Å². The molecule has 0 saturated heterocycles. The number of hydrogen-bond acceptors (Lipinski definition) is 0. The van der Waals surface area contributed by atoms with Crippen molar-refractivity contribution >= 4 is 7.28 Å². The minimum Gasteiger partial charge on any atom is -0.127 e. The van der Waals surface area contributed by atoms with Gasteiger partial charge in [-0.2, -0.15) is 0 Å². The van der Waals surface area contributed by atoms with E-state index in [0.717, 1.165) is 35.5 Å². The molecular formula is C28H48B. The van der Waals surface area contributed by atoms with Crippen molar-refractivity contribution in [1.82, 2.24) is 0 Å². The van der Waals surface area contributed by atoms with E-state index >= 15 is 0 Å². The van der Waals surface area contributed by atoms with Gasteiger partial charge in [0.2, 0.25) is 0 Å². The van der Waals surface area contributed by atoms with E-state index in [-0.39, 0.29) is 0 Å². The second-order valence-corrected chi connectivity index (χ2v) is 12.0. The highest BCUT2D eigenvalue weighted by Crippen LogP contribution is 2.69. The first-order valence-corrected chi connectivity index (χ1v) is 13.5. The van der Waals surface area contributed by atoms with Gasteiger partial charge in [-0.05, 0) is 97.7 Å². The van der Waals surface area contributed by atoms with Crippen LogP contribution in [0.5, 0.6) is 0 Å². The summed E-state index contributed by atoms with van der Waals surface area (Å²) in [6.07, 6.45) is 22.9. The zero-order chi connectivity index (χ0) is 20.5. The van der Waals surface area contributed by atoms with Crippen molar-refractivity contribution in [3.05, 3.63) is 12.1 Å².